The highest BCUT2D eigenvalue weighted by Gasteiger charge is 2.34. The number of benzene rings is 1. The lowest BCUT2D eigenvalue weighted by atomic mass is 9.88. The minimum Gasteiger partial charge on any atom is -0.381 e. The van der Waals surface area contributed by atoms with Crippen molar-refractivity contribution in [1.29, 1.82) is 0 Å². The van der Waals surface area contributed by atoms with Gasteiger partial charge in [0.1, 0.15) is 0 Å². The van der Waals surface area contributed by atoms with Crippen molar-refractivity contribution in [3.05, 3.63) is 35.9 Å². The minimum atomic E-state index is 0.0326. The van der Waals surface area contributed by atoms with Gasteiger partial charge in [0.15, 0.2) is 5.96 Å². The minimum absolute atomic E-state index is 0.0326. The van der Waals surface area contributed by atoms with Gasteiger partial charge in [-0.05, 0) is 44.1 Å². The Morgan fingerprint density at radius 3 is 2.70 bits per heavy atom. The average molecular weight is 373 g/mol. The molecule has 2 unspecified atom stereocenters. The topological polar surface area (TPSA) is 48.9 Å². The molecule has 2 aliphatic rings. The molecule has 27 heavy (non-hydrogen) atoms. The van der Waals surface area contributed by atoms with Crippen molar-refractivity contribution in [3.63, 3.8) is 0 Å². The fraction of sp³-hybridized carbons (Fsp3) is 0.682. The van der Waals surface area contributed by atoms with Crippen LogP contribution in [0.4, 0.5) is 0 Å². The van der Waals surface area contributed by atoms with Gasteiger partial charge in [-0.2, -0.15) is 0 Å². The SMILES string of the molecule is CN=C(NCC1(NC(C)c2ccccc2)CCOCC1)N1CCCC(C)C1. The fourth-order valence-corrected chi connectivity index (χ4v) is 4.38. The number of piperidine rings is 1. The standard InChI is InChI=1S/C22H36N4O/c1-18-8-7-13-26(16-18)21(23-3)24-17-22(11-14-27-15-12-22)25-19(2)20-9-5-4-6-10-20/h4-6,9-10,18-19,25H,7-8,11-17H2,1-3H3,(H,23,24). The predicted molar refractivity (Wildman–Crippen MR) is 112 cm³/mol. The number of guanidine groups is 1. The molecule has 0 radical (unpaired) electrons. The smallest absolute Gasteiger partial charge is 0.193 e. The third kappa shape index (κ3) is 5.45. The molecule has 5 heteroatoms. The lowest BCUT2D eigenvalue weighted by Gasteiger charge is -2.42. The second kappa shape index (κ2) is 9.56. The van der Waals surface area contributed by atoms with Crippen molar-refractivity contribution >= 4 is 5.96 Å². The van der Waals surface area contributed by atoms with Crippen LogP contribution in [0.5, 0.6) is 0 Å². The van der Waals surface area contributed by atoms with Gasteiger partial charge in [0.2, 0.25) is 0 Å². The van der Waals surface area contributed by atoms with Gasteiger partial charge in [0, 0.05) is 51.5 Å². The van der Waals surface area contributed by atoms with Gasteiger partial charge in [-0.1, -0.05) is 37.3 Å². The molecule has 3 rings (SSSR count). The maximum absolute atomic E-state index is 5.67. The summed E-state index contributed by atoms with van der Waals surface area (Å²) in [4.78, 5) is 6.99. The van der Waals surface area contributed by atoms with E-state index in [4.69, 9.17) is 4.74 Å². The highest BCUT2D eigenvalue weighted by Crippen LogP contribution is 2.25. The molecule has 2 atom stereocenters. The zero-order valence-electron chi connectivity index (χ0n) is 17.2. The van der Waals surface area contributed by atoms with Gasteiger partial charge in [0.05, 0.1) is 0 Å². The number of nitrogens with zero attached hydrogens (tertiary/aromatic N) is 2. The quantitative estimate of drug-likeness (QED) is 0.616. The molecule has 2 fully saturated rings. The number of nitrogens with one attached hydrogen (secondary N) is 2. The molecule has 0 saturated carbocycles. The molecule has 0 amide bonds. The molecular weight excluding hydrogens is 336 g/mol. The van der Waals surface area contributed by atoms with E-state index >= 15 is 0 Å². The van der Waals surface area contributed by atoms with Crippen molar-refractivity contribution in [3.8, 4) is 0 Å². The van der Waals surface area contributed by atoms with E-state index in [1.54, 1.807) is 0 Å². The molecule has 5 nitrogen and oxygen atoms in total. The summed E-state index contributed by atoms with van der Waals surface area (Å²) in [6, 6.07) is 11.0. The first kappa shape index (κ1) is 20.2. The average Bonchev–Trinajstić information content (AvgIpc) is 2.70. The largest absolute Gasteiger partial charge is 0.381 e. The van der Waals surface area contributed by atoms with E-state index in [1.165, 1.54) is 18.4 Å². The Hall–Kier alpha value is -1.59. The van der Waals surface area contributed by atoms with E-state index in [9.17, 15) is 0 Å². The first-order chi connectivity index (χ1) is 13.1. The lowest BCUT2D eigenvalue weighted by molar-refractivity contribution is 0.0351. The molecular formula is C22H36N4O. The molecule has 0 spiro atoms. The van der Waals surface area contributed by atoms with Gasteiger partial charge < -0.3 is 20.3 Å². The Kier molecular flexibility index (Phi) is 7.13. The second-order valence-corrected chi connectivity index (χ2v) is 8.26. The maximum Gasteiger partial charge on any atom is 0.193 e. The fourth-order valence-electron chi connectivity index (χ4n) is 4.38. The van der Waals surface area contributed by atoms with Crippen molar-refractivity contribution in [1.82, 2.24) is 15.5 Å². The van der Waals surface area contributed by atoms with Crippen LogP contribution in [0.25, 0.3) is 0 Å². The molecule has 1 aromatic carbocycles. The van der Waals surface area contributed by atoms with E-state index in [0.29, 0.717) is 6.04 Å². The summed E-state index contributed by atoms with van der Waals surface area (Å²) in [6.07, 6.45) is 4.62. The molecule has 2 saturated heterocycles. The molecule has 2 N–H and O–H groups in total. The number of aliphatic imine (C=N–C) groups is 1. The summed E-state index contributed by atoms with van der Waals surface area (Å²) >= 11 is 0. The van der Waals surface area contributed by atoms with Gasteiger partial charge in [0.25, 0.3) is 0 Å². The zero-order valence-corrected chi connectivity index (χ0v) is 17.2. The highest BCUT2D eigenvalue weighted by atomic mass is 16.5. The van der Waals surface area contributed by atoms with E-state index in [-0.39, 0.29) is 5.54 Å². The summed E-state index contributed by atoms with van der Waals surface area (Å²) in [5.74, 6) is 1.78. The first-order valence-corrected chi connectivity index (χ1v) is 10.5. The van der Waals surface area contributed by atoms with Gasteiger partial charge in [-0.15, -0.1) is 0 Å². The molecule has 150 valence electrons. The Labute approximate surface area is 164 Å². The van der Waals surface area contributed by atoms with E-state index in [2.05, 4.69) is 64.7 Å². The van der Waals surface area contributed by atoms with Crippen LogP contribution in [0, 0.1) is 5.92 Å². The van der Waals surface area contributed by atoms with Crippen LogP contribution < -0.4 is 10.6 Å². The number of ether oxygens (including phenoxy) is 1. The van der Waals surface area contributed by atoms with E-state index < -0.39 is 0 Å². The predicted octanol–water partition coefficient (Wildman–Crippen LogP) is 3.19. The summed E-state index contributed by atoms with van der Waals surface area (Å²) in [7, 11) is 1.90. The molecule has 1 aromatic rings. The molecule has 2 aliphatic heterocycles. The van der Waals surface area contributed by atoms with Crippen LogP contribution in [0.3, 0.4) is 0 Å². The van der Waals surface area contributed by atoms with Crippen LogP contribution in [0.1, 0.15) is 51.1 Å². The number of hydrogen-bond acceptors (Lipinski definition) is 3. The van der Waals surface area contributed by atoms with Gasteiger partial charge in [-0.25, -0.2) is 0 Å². The Morgan fingerprint density at radius 2 is 2.04 bits per heavy atom. The summed E-state index contributed by atoms with van der Waals surface area (Å²) < 4.78 is 5.67. The van der Waals surface area contributed by atoms with Crippen LogP contribution in [0.2, 0.25) is 0 Å². The molecule has 2 heterocycles. The lowest BCUT2D eigenvalue weighted by Crippen LogP contribution is -2.59. The highest BCUT2D eigenvalue weighted by molar-refractivity contribution is 5.80. The number of rotatable bonds is 5. The van der Waals surface area contributed by atoms with Gasteiger partial charge >= 0.3 is 0 Å². The zero-order chi connectivity index (χ0) is 19.1. The van der Waals surface area contributed by atoms with Crippen molar-refractivity contribution in [2.75, 3.05) is 39.9 Å². The van der Waals surface area contributed by atoms with E-state index in [0.717, 1.165) is 57.6 Å². The molecule has 0 bridgehead atoms. The first-order valence-electron chi connectivity index (χ1n) is 10.5. The van der Waals surface area contributed by atoms with E-state index in [1.807, 2.05) is 7.05 Å². The summed E-state index contributed by atoms with van der Waals surface area (Å²) in [6.45, 7) is 9.31. The third-order valence-electron chi connectivity index (χ3n) is 6.03. The Balaban J connectivity index is 1.65. The van der Waals surface area contributed by atoms with Crippen LogP contribution in [-0.4, -0.2) is 56.3 Å². The van der Waals surface area contributed by atoms with Crippen molar-refractivity contribution in [2.24, 2.45) is 10.9 Å². The van der Waals surface area contributed by atoms with Crippen LogP contribution >= 0.6 is 0 Å². The van der Waals surface area contributed by atoms with Gasteiger partial charge in [-0.3, -0.25) is 4.99 Å². The Morgan fingerprint density at radius 1 is 1.30 bits per heavy atom. The summed E-state index contributed by atoms with van der Waals surface area (Å²) in [5.41, 5.74) is 1.36. The van der Waals surface area contributed by atoms with Crippen molar-refractivity contribution in [2.45, 2.75) is 51.1 Å². The number of hydrogen-bond donors (Lipinski definition) is 2. The normalized spacial score (nSPS) is 24.5. The monoisotopic (exact) mass is 372 g/mol. The maximum atomic E-state index is 5.67. The molecule has 0 aromatic heterocycles. The number of likely N-dealkylation sites (tertiary alicyclic amines) is 1. The van der Waals surface area contributed by atoms with Crippen LogP contribution in [0.15, 0.2) is 35.3 Å². The van der Waals surface area contributed by atoms with Crippen molar-refractivity contribution < 1.29 is 4.74 Å². The second-order valence-electron chi connectivity index (χ2n) is 8.26. The third-order valence-corrected chi connectivity index (χ3v) is 6.03. The summed E-state index contributed by atoms with van der Waals surface area (Å²) in [5, 5.41) is 7.61. The van der Waals surface area contributed by atoms with Crippen LogP contribution in [-0.2, 0) is 4.74 Å². The molecule has 0 aliphatic carbocycles. The Bertz CT molecular complexity index is 598.